The zero-order valence-corrected chi connectivity index (χ0v) is 37.2. The maximum atomic E-state index is 7.07. The van der Waals surface area contributed by atoms with E-state index in [1.807, 2.05) is 42.5 Å². The first kappa shape index (κ1) is 39.0. The predicted molar refractivity (Wildman–Crippen MR) is 278 cm³/mol. The Labute approximate surface area is 398 Å². The molecule has 0 saturated heterocycles. The molecular formula is C64H39N3O2. The maximum Gasteiger partial charge on any atom is 0.178 e. The largest absolute Gasteiger partial charge is 0.449 e. The van der Waals surface area contributed by atoms with E-state index in [-0.39, 0.29) is 0 Å². The van der Waals surface area contributed by atoms with E-state index >= 15 is 0 Å². The van der Waals surface area contributed by atoms with Gasteiger partial charge in [-0.05, 0) is 90.0 Å². The summed E-state index contributed by atoms with van der Waals surface area (Å²) in [5.74, 6) is 4.47. The van der Waals surface area contributed by atoms with Gasteiger partial charge in [0.2, 0.25) is 0 Å². The summed E-state index contributed by atoms with van der Waals surface area (Å²) in [4.78, 5) is 15.5. The molecule has 1 aliphatic heterocycles. The van der Waals surface area contributed by atoms with Gasteiger partial charge in [-0.15, -0.1) is 0 Å². The lowest BCUT2D eigenvalue weighted by Crippen LogP contribution is -2.28. The Bertz CT molecular complexity index is 3950. The first-order valence-corrected chi connectivity index (χ1v) is 23.3. The predicted octanol–water partition coefficient (Wildman–Crippen LogP) is 16.3. The Morgan fingerprint density at radius 3 is 1.45 bits per heavy atom. The van der Waals surface area contributed by atoms with Crippen LogP contribution in [0.25, 0.3) is 88.7 Å². The summed E-state index contributed by atoms with van der Waals surface area (Å²) in [6, 6.07) is 83.1. The lowest BCUT2D eigenvalue weighted by Gasteiger charge is -2.34. The Balaban J connectivity index is 0.882. The van der Waals surface area contributed by atoms with Gasteiger partial charge in [0.15, 0.2) is 40.5 Å². The maximum absolute atomic E-state index is 7.07. The Morgan fingerprint density at radius 2 is 0.768 bits per heavy atom. The van der Waals surface area contributed by atoms with E-state index in [1.54, 1.807) is 0 Å². The van der Waals surface area contributed by atoms with Gasteiger partial charge in [0, 0.05) is 27.8 Å². The Kier molecular flexibility index (Phi) is 8.73. The van der Waals surface area contributed by atoms with Crippen molar-refractivity contribution in [3.63, 3.8) is 0 Å². The number of ether oxygens (including phenoxy) is 2. The van der Waals surface area contributed by atoms with Crippen LogP contribution in [0.1, 0.15) is 22.3 Å². The average molecular weight is 882 g/mol. The smallest absolute Gasteiger partial charge is 0.178 e. The fourth-order valence-corrected chi connectivity index (χ4v) is 11.0. The summed E-state index contributed by atoms with van der Waals surface area (Å²) >= 11 is 0. The number of hydrogen-bond donors (Lipinski definition) is 0. The van der Waals surface area contributed by atoms with Crippen LogP contribution in [0.5, 0.6) is 23.0 Å². The summed E-state index contributed by atoms with van der Waals surface area (Å²) in [5, 5.41) is 7.23. The molecule has 5 heteroatoms. The molecule has 1 aromatic heterocycles. The van der Waals surface area contributed by atoms with E-state index in [1.165, 1.54) is 43.6 Å². The van der Waals surface area contributed by atoms with Gasteiger partial charge in [0.05, 0.1) is 5.41 Å². The molecule has 0 radical (unpaired) electrons. The van der Waals surface area contributed by atoms with Gasteiger partial charge in [-0.25, -0.2) is 15.0 Å². The summed E-state index contributed by atoms with van der Waals surface area (Å²) in [6.45, 7) is 0. The van der Waals surface area contributed by atoms with Gasteiger partial charge in [-0.3, -0.25) is 0 Å². The average Bonchev–Trinajstić information content (AvgIpc) is 3.74. The van der Waals surface area contributed by atoms with Crippen LogP contribution < -0.4 is 9.47 Å². The van der Waals surface area contributed by atoms with E-state index in [4.69, 9.17) is 24.4 Å². The number of benzene rings is 11. The molecule has 0 saturated carbocycles. The van der Waals surface area contributed by atoms with E-state index in [0.717, 1.165) is 49.9 Å². The van der Waals surface area contributed by atoms with Gasteiger partial charge in [-0.1, -0.05) is 212 Å². The molecule has 0 N–H and O–H groups in total. The van der Waals surface area contributed by atoms with Crippen molar-refractivity contribution in [2.24, 2.45) is 0 Å². The van der Waals surface area contributed by atoms with Crippen molar-refractivity contribution < 1.29 is 9.47 Å². The van der Waals surface area contributed by atoms with Crippen LogP contribution in [0.4, 0.5) is 0 Å². The third-order valence-corrected chi connectivity index (χ3v) is 14.0. The van der Waals surface area contributed by atoms with Gasteiger partial charge < -0.3 is 9.47 Å². The van der Waals surface area contributed by atoms with E-state index < -0.39 is 5.41 Å². The van der Waals surface area contributed by atoms with Crippen LogP contribution in [-0.2, 0) is 5.41 Å². The fraction of sp³-hybridized carbons (Fsp3) is 0.0156. The van der Waals surface area contributed by atoms with Crippen LogP contribution in [0.3, 0.4) is 0 Å². The number of fused-ring (bicyclic) bond motifs is 12. The lowest BCUT2D eigenvalue weighted by atomic mass is 9.68. The molecule has 2 aliphatic rings. The number of hydrogen-bond acceptors (Lipinski definition) is 5. The molecule has 0 fully saturated rings. The molecule has 1 aliphatic carbocycles. The van der Waals surface area contributed by atoms with Crippen molar-refractivity contribution in [3.8, 4) is 79.4 Å². The first-order chi connectivity index (χ1) is 34.2. The van der Waals surface area contributed by atoms with Crippen LogP contribution in [0, 0.1) is 0 Å². The molecule has 0 unspecified atom stereocenters. The number of nitrogens with zero attached hydrogens (tertiary/aromatic N) is 3. The summed E-state index contributed by atoms with van der Waals surface area (Å²) in [5.41, 5.74) is 10.9. The first-order valence-electron chi connectivity index (χ1n) is 23.3. The van der Waals surface area contributed by atoms with Crippen molar-refractivity contribution in [1.29, 1.82) is 0 Å². The van der Waals surface area contributed by atoms with Gasteiger partial charge in [0.25, 0.3) is 0 Å². The molecule has 14 rings (SSSR count). The molecule has 11 aromatic carbocycles. The SMILES string of the molecule is c1ccc(-c2nc(-c3cccc(-c4cccc5c4Oc4ccc6c(c4O5)-c4ccccc4C6(c4ccccc4)c4ccccc4)c3)nc(-c3ccc4c5ccccc5c5ccccc5c4c3)n2)cc1. The fourth-order valence-electron chi connectivity index (χ4n) is 11.0. The lowest BCUT2D eigenvalue weighted by molar-refractivity contribution is 0.361. The Morgan fingerprint density at radius 1 is 0.290 bits per heavy atom. The second kappa shape index (κ2) is 15.4. The Hall–Kier alpha value is -9.19. The monoisotopic (exact) mass is 881 g/mol. The minimum absolute atomic E-state index is 0.553. The third-order valence-electron chi connectivity index (χ3n) is 14.0. The van der Waals surface area contributed by atoms with E-state index in [0.29, 0.717) is 40.5 Å². The molecule has 0 bridgehead atoms. The molecule has 0 spiro atoms. The number of rotatable bonds is 6. The standard InChI is InChI=1S/C64H39N3O2/c1-4-18-40(19-5-1)61-65-62(67-63(66-61)43-34-35-51-49-28-11-10-26-47(49)48-27-12-13-29-50(48)53(51)39-43)42-21-16-20-41(38-42)46-31-17-33-56-59(46)68-57-37-36-55-58(60(57)69-56)52-30-14-15-32-54(52)64(55,44-22-6-2-7-23-44)45-24-8-3-9-25-45/h1-39H. The zero-order valence-electron chi connectivity index (χ0n) is 37.2. The molecule has 322 valence electrons. The molecule has 2 heterocycles. The molecule has 69 heavy (non-hydrogen) atoms. The van der Waals surface area contributed by atoms with E-state index in [9.17, 15) is 0 Å². The normalized spacial score (nSPS) is 13.0. The van der Waals surface area contributed by atoms with Crippen molar-refractivity contribution in [3.05, 3.63) is 259 Å². The van der Waals surface area contributed by atoms with Gasteiger partial charge in [-0.2, -0.15) is 0 Å². The highest BCUT2D eigenvalue weighted by Gasteiger charge is 2.48. The van der Waals surface area contributed by atoms with Crippen molar-refractivity contribution in [2.75, 3.05) is 0 Å². The second-order valence-electron chi connectivity index (χ2n) is 17.8. The summed E-state index contributed by atoms with van der Waals surface area (Å²) < 4.78 is 14.1. The minimum atomic E-state index is -0.553. The van der Waals surface area contributed by atoms with Gasteiger partial charge >= 0.3 is 0 Å². The van der Waals surface area contributed by atoms with Crippen LogP contribution in [0.15, 0.2) is 237 Å². The van der Waals surface area contributed by atoms with Crippen molar-refractivity contribution in [1.82, 2.24) is 15.0 Å². The number of para-hydroxylation sites is 1. The molecule has 0 atom stereocenters. The number of aromatic nitrogens is 3. The highest BCUT2D eigenvalue weighted by atomic mass is 16.6. The second-order valence-corrected chi connectivity index (χ2v) is 17.8. The van der Waals surface area contributed by atoms with Crippen LogP contribution >= 0.6 is 0 Å². The van der Waals surface area contributed by atoms with E-state index in [2.05, 4.69) is 194 Å². The molecule has 0 amide bonds. The third kappa shape index (κ3) is 6.00. The topological polar surface area (TPSA) is 57.1 Å². The van der Waals surface area contributed by atoms with Crippen LogP contribution in [0.2, 0.25) is 0 Å². The molecule has 5 nitrogen and oxygen atoms in total. The summed E-state index contributed by atoms with van der Waals surface area (Å²) in [6.07, 6.45) is 0. The zero-order chi connectivity index (χ0) is 45.5. The van der Waals surface area contributed by atoms with Crippen LogP contribution in [-0.4, -0.2) is 15.0 Å². The van der Waals surface area contributed by atoms with Crippen molar-refractivity contribution in [2.45, 2.75) is 5.41 Å². The highest BCUT2D eigenvalue weighted by Crippen LogP contribution is 2.62. The molecule has 12 aromatic rings. The molecular weight excluding hydrogens is 843 g/mol. The van der Waals surface area contributed by atoms with Crippen molar-refractivity contribution >= 4 is 32.3 Å². The van der Waals surface area contributed by atoms with Gasteiger partial charge in [0.1, 0.15) is 0 Å². The summed E-state index contributed by atoms with van der Waals surface area (Å²) in [7, 11) is 0. The quantitative estimate of drug-likeness (QED) is 0.156. The highest BCUT2D eigenvalue weighted by molar-refractivity contribution is 6.25. The minimum Gasteiger partial charge on any atom is -0.449 e.